The molecule has 0 aliphatic heterocycles. The Morgan fingerprint density at radius 1 is 1.46 bits per heavy atom. The monoisotopic (exact) mass is 177 g/mol. The van der Waals surface area contributed by atoms with Gasteiger partial charge in [0, 0.05) is 13.1 Å². The highest BCUT2D eigenvalue weighted by atomic mass is 16.4. The van der Waals surface area contributed by atoms with Crippen LogP contribution in [0.2, 0.25) is 0 Å². The minimum atomic E-state index is -0.517. The van der Waals surface area contributed by atoms with Crippen LogP contribution in [-0.4, -0.2) is 14.8 Å². The van der Waals surface area contributed by atoms with Crippen LogP contribution in [0.25, 0.3) is 5.82 Å². The zero-order chi connectivity index (χ0) is 9.26. The maximum Gasteiger partial charge on any atom is 0.443 e. The molecule has 0 bridgehead atoms. The van der Waals surface area contributed by atoms with Crippen LogP contribution in [0.5, 0.6) is 0 Å². The molecule has 5 nitrogen and oxygen atoms in total. The molecule has 5 heteroatoms. The zero-order valence-electron chi connectivity index (χ0n) is 6.97. The predicted octanol–water partition coefficient (Wildman–Crippen LogP) is 0.529. The lowest BCUT2D eigenvalue weighted by Crippen LogP contribution is -2.14. The maximum atomic E-state index is 11.1. The molecule has 0 atom stereocenters. The van der Waals surface area contributed by atoms with E-state index in [4.69, 9.17) is 4.42 Å². The molecular weight excluding hydrogens is 170 g/mol. The summed E-state index contributed by atoms with van der Waals surface area (Å²) < 4.78 is 5.85. The minimum absolute atomic E-state index is 0.329. The zero-order valence-corrected chi connectivity index (χ0v) is 6.97. The van der Waals surface area contributed by atoms with Gasteiger partial charge in [0.15, 0.2) is 5.82 Å². The Hall–Kier alpha value is -1.91. The van der Waals surface area contributed by atoms with Crippen LogP contribution in [-0.2, 0) is 0 Å². The first-order chi connectivity index (χ1) is 6.27. The minimum Gasteiger partial charge on any atom is -0.392 e. The van der Waals surface area contributed by atoms with Gasteiger partial charge in [-0.25, -0.2) is 9.78 Å². The van der Waals surface area contributed by atoms with E-state index >= 15 is 0 Å². The average Bonchev–Trinajstić information content (AvgIpc) is 2.47. The van der Waals surface area contributed by atoms with Crippen LogP contribution in [0, 0.1) is 6.92 Å². The lowest BCUT2D eigenvalue weighted by Gasteiger charge is -1.93. The molecule has 0 aromatic carbocycles. The standard InChI is InChI=1S/C8H7N3O2/c1-6-10-11(8(12)13-6)7-4-2-3-5-9-7/h2-5H,1H3. The van der Waals surface area contributed by atoms with Gasteiger partial charge in [-0.05, 0) is 12.1 Å². The normalized spacial score (nSPS) is 10.2. The summed E-state index contributed by atoms with van der Waals surface area (Å²) in [7, 11) is 0. The maximum absolute atomic E-state index is 11.1. The Labute approximate surface area is 73.6 Å². The Bertz CT molecular complexity index is 458. The van der Waals surface area contributed by atoms with E-state index < -0.39 is 5.76 Å². The molecule has 0 fully saturated rings. The molecule has 0 unspecified atom stereocenters. The fourth-order valence-electron chi connectivity index (χ4n) is 0.995. The molecule has 0 aliphatic rings. The van der Waals surface area contributed by atoms with Crippen molar-refractivity contribution >= 4 is 0 Å². The molecule has 0 amide bonds. The fraction of sp³-hybridized carbons (Fsp3) is 0.125. The fourth-order valence-corrected chi connectivity index (χ4v) is 0.995. The van der Waals surface area contributed by atoms with Crippen molar-refractivity contribution in [3.05, 3.63) is 40.8 Å². The molecule has 2 heterocycles. The van der Waals surface area contributed by atoms with E-state index in [1.165, 1.54) is 0 Å². The van der Waals surface area contributed by atoms with Crippen LogP contribution in [0.15, 0.2) is 33.6 Å². The third kappa shape index (κ3) is 1.35. The van der Waals surface area contributed by atoms with Crippen LogP contribution in [0.1, 0.15) is 5.89 Å². The van der Waals surface area contributed by atoms with Crippen molar-refractivity contribution in [2.75, 3.05) is 0 Å². The molecule has 2 aromatic heterocycles. The van der Waals surface area contributed by atoms with Gasteiger partial charge in [0.1, 0.15) is 0 Å². The topological polar surface area (TPSA) is 60.9 Å². The number of hydrogen-bond donors (Lipinski definition) is 0. The average molecular weight is 177 g/mol. The van der Waals surface area contributed by atoms with Gasteiger partial charge in [0.2, 0.25) is 5.89 Å². The van der Waals surface area contributed by atoms with Crippen molar-refractivity contribution in [1.82, 2.24) is 14.8 Å². The third-order valence-corrected chi connectivity index (χ3v) is 1.52. The Morgan fingerprint density at radius 2 is 2.31 bits per heavy atom. The van der Waals surface area contributed by atoms with Gasteiger partial charge < -0.3 is 4.42 Å². The first-order valence-corrected chi connectivity index (χ1v) is 3.75. The smallest absolute Gasteiger partial charge is 0.392 e. The molecule has 2 rings (SSSR count). The van der Waals surface area contributed by atoms with Gasteiger partial charge in [-0.3, -0.25) is 0 Å². The van der Waals surface area contributed by atoms with Gasteiger partial charge in [-0.2, -0.15) is 0 Å². The SMILES string of the molecule is Cc1nn(-c2ccccn2)c(=O)o1. The summed E-state index contributed by atoms with van der Waals surface area (Å²) in [4.78, 5) is 15.1. The lowest BCUT2D eigenvalue weighted by molar-refractivity contribution is 0.476. The highest BCUT2D eigenvalue weighted by Crippen LogP contribution is 1.97. The summed E-state index contributed by atoms with van der Waals surface area (Å²) in [6.07, 6.45) is 1.59. The van der Waals surface area contributed by atoms with Gasteiger partial charge in [0.25, 0.3) is 0 Å². The van der Waals surface area contributed by atoms with Gasteiger partial charge >= 0.3 is 5.76 Å². The molecular formula is C8H7N3O2. The number of hydrogen-bond acceptors (Lipinski definition) is 4. The summed E-state index contributed by atoms with van der Waals surface area (Å²) >= 11 is 0. The number of rotatable bonds is 1. The van der Waals surface area contributed by atoms with Gasteiger partial charge in [-0.1, -0.05) is 6.07 Å². The summed E-state index contributed by atoms with van der Waals surface area (Å²) in [5, 5.41) is 3.86. The number of nitrogens with zero attached hydrogens (tertiary/aromatic N) is 3. The molecule has 13 heavy (non-hydrogen) atoms. The molecule has 0 N–H and O–H groups in total. The highest BCUT2D eigenvalue weighted by molar-refractivity contribution is 5.18. The van der Waals surface area contributed by atoms with E-state index in [9.17, 15) is 4.79 Å². The Balaban J connectivity index is 2.59. The number of aromatic nitrogens is 3. The Kier molecular flexibility index (Phi) is 1.70. The molecule has 66 valence electrons. The van der Waals surface area contributed by atoms with Crippen LogP contribution < -0.4 is 5.76 Å². The molecule has 0 aliphatic carbocycles. The van der Waals surface area contributed by atoms with E-state index in [2.05, 4.69) is 10.1 Å². The Morgan fingerprint density at radius 3 is 2.85 bits per heavy atom. The van der Waals surface area contributed by atoms with Gasteiger partial charge in [0.05, 0.1) is 0 Å². The second kappa shape index (κ2) is 2.85. The number of aryl methyl sites for hydroxylation is 1. The van der Waals surface area contributed by atoms with Crippen LogP contribution in [0.4, 0.5) is 0 Å². The van der Waals surface area contributed by atoms with E-state index in [1.54, 1.807) is 31.3 Å². The summed E-state index contributed by atoms with van der Waals surface area (Å²) in [6.45, 7) is 1.61. The summed E-state index contributed by atoms with van der Waals surface area (Å²) in [6, 6.07) is 5.23. The molecule has 0 saturated carbocycles. The number of pyridine rings is 1. The van der Waals surface area contributed by atoms with E-state index in [0.29, 0.717) is 11.7 Å². The van der Waals surface area contributed by atoms with E-state index in [1.807, 2.05) is 0 Å². The third-order valence-electron chi connectivity index (χ3n) is 1.52. The summed E-state index contributed by atoms with van der Waals surface area (Å²) in [5.41, 5.74) is 0. The quantitative estimate of drug-likeness (QED) is 0.637. The molecule has 0 saturated heterocycles. The second-order valence-corrected chi connectivity index (χ2v) is 2.49. The van der Waals surface area contributed by atoms with Crippen molar-refractivity contribution < 1.29 is 4.42 Å². The van der Waals surface area contributed by atoms with Crippen molar-refractivity contribution in [3.63, 3.8) is 0 Å². The molecule has 0 radical (unpaired) electrons. The van der Waals surface area contributed by atoms with Crippen molar-refractivity contribution in [2.45, 2.75) is 6.92 Å². The van der Waals surface area contributed by atoms with Crippen molar-refractivity contribution in [3.8, 4) is 5.82 Å². The van der Waals surface area contributed by atoms with E-state index in [-0.39, 0.29) is 0 Å². The van der Waals surface area contributed by atoms with Crippen LogP contribution in [0.3, 0.4) is 0 Å². The molecule has 0 spiro atoms. The largest absolute Gasteiger partial charge is 0.443 e. The van der Waals surface area contributed by atoms with Gasteiger partial charge in [-0.15, -0.1) is 9.78 Å². The second-order valence-electron chi connectivity index (χ2n) is 2.49. The first-order valence-electron chi connectivity index (χ1n) is 3.75. The van der Waals surface area contributed by atoms with E-state index in [0.717, 1.165) is 4.68 Å². The highest BCUT2D eigenvalue weighted by Gasteiger charge is 2.05. The van der Waals surface area contributed by atoms with Crippen LogP contribution >= 0.6 is 0 Å². The predicted molar refractivity (Wildman–Crippen MR) is 44.6 cm³/mol. The molecule has 2 aromatic rings. The van der Waals surface area contributed by atoms with Crippen molar-refractivity contribution in [2.24, 2.45) is 0 Å². The first kappa shape index (κ1) is 7.72. The summed E-state index contributed by atoms with van der Waals surface area (Å²) in [5.74, 6) is 0.274. The lowest BCUT2D eigenvalue weighted by atomic mass is 10.5. The van der Waals surface area contributed by atoms with Crippen molar-refractivity contribution in [1.29, 1.82) is 0 Å².